The molecule has 1 aromatic heterocycles. The van der Waals surface area contributed by atoms with E-state index in [0.29, 0.717) is 32.9 Å². The quantitative estimate of drug-likeness (QED) is 0.358. The number of anilines is 4. The fourth-order valence-electron chi connectivity index (χ4n) is 2.63. The Labute approximate surface area is 182 Å². The minimum absolute atomic E-state index is 0.00371. The number of methoxy groups -OCH3 is 2. The molecule has 0 saturated heterocycles. The van der Waals surface area contributed by atoms with E-state index in [1.807, 2.05) is 6.92 Å². The molecule has 0 atom stereocenters. The van der Waals surface area contributed by atoms with Crippen molar-refractivity contribution in [3.63, 3.8) is 0 Å². The van der Waals surface area contributed by atoms with Gasteiger partial charge in [-0.25, -0.2) is 9.97 Å². The molecule has 156 valence electrons. The van der Waals surface area contributed by atoms with Gasteiger partial charge in [-0.3, -0.25) is 10.1 Å². The number of aromatic nitrogens is 2. The van der Waals surface area contributed by atoms with Gasteiger partial charge >= 0.3 is 5.69 Å². The summed E-state index contributed by atoms with van der Waals surface area (Å²) < 4.78 is 10.5. The number of rotatable bonds is 7. The third-order valence-corrected chi connectivity index (χ3v) is 4.87. The Morgan fingerprint density at radius 1 is 0.967 bits per heavy atom. The molecule has 0 saturated carbocycles. The third-order valence-electron chi connectivity index (χ3n) is 4.17. The summed E-state index contributed by atoms with van der Waals surface area (Å²) in [5.41, 5.74) is 1.44. The van der Waals surface area contributed by atoms with Crippen molar-refractivity contribution in [3.05, 3.63) is 62.4 Å². The van der Waals surface area contributed by atoms with E-state index in [2.05, 4.69) is 20.6 Å². The van der Waals surface area contributed by atoms with E-state index in [9.17, 15) is 10.1 Å². The molecule has 3 rings (SSSR count). The van der Waals surface area contributed by atoms with E-state index in [-0.39, 0.29) is 17.3 Å². The maximum absolute atomic E-state index is 11.8. The van der Waals surface area contributed by atoms with Gasteiger partial charge in [-0.05, 0) is 30.7 Å². The van der Waals surface area contributed by atoms with Crippen molar-refractivity contribution in [1.29, 1.82) is 0 Å². The fraction of sp³-hybridized carbons (Fsp3) is 0.158. The molecule has 2 N–H and O–H groups in total. The number of ether oxygens (including phenoxy) is 2. The number of benzene rings is 2. The molecule has 0 amide bonds. The van der Waals surface area contributed by atoms with E-state index in [4.69, 9.17) is 32.7 Å². The smallest absolute Gasteiger partial charge is 0.353 e. The molecular formula is C19H17Cl2N5O4. The second-order valence-corrected chi connectivity index (χ2v) is 6.89. The fourth-order valence-corrected chi connectivity index (χ4v) is 3.05. The lowest BCUT2D eigenvalue weighted by atomic mass is 10.2. The van der Waals surface area contributed by atoms with Crippen molar-refractivity contribution >= 4 is 51.9 Å². The Bertz CT molecular complexity index is 1110. The maximum atomic E-state index is 11.8. The molecule has 0 aliphatic heterocycles. The summed E-state index contributed by atoms with van der Waals surface area (Å²) in [5.74, 6) is 0.713. The Hall–Kier alpha value is -3.30. The highest BCUT2D eigenvalue weighted by molar-refractivity contribution is 6.32. The molecule has 2 aromatic carbocycles. The first-order valence-corrected chi connectivity index (χ1v) is 9.30. The number of nitrogens with zero attached hydrogens (tertiary/aromatic N) is 3. The predicted octanol–water partition coefficient (Wildman–Crippen LogP) is 5.50. The van der Waals surface area contributed by atoms with Gasteiger partial charge in [0, 0.05) is 16.8 Å². The Morgan fingerprint density at radius 3 is 2.23 bits per heavy atom. The van der Waals surface area contributed by atoms with E-state index < -0.39 is 4.92 Å². The summed E-state index contributed by atoms with van der Waals surface area (Å²) in [4.78, 5) is 19.3. The molecule has 30 heavy (non-hydrogen) atoms. The van der Waals surface area contributed by atoms with Gasteiger partial charge in [-0.1, -0.05) is 29.3 Å². The Balaban J connectivity index is 2.02. The first-order valence-electron chi connectivity index (χ1n) is 8.55. The lowest BCUT2D eigenvalue weighted by molar-refractivity contribution is -0.383. The van der Waals surface area contributed by atoms with Crippen LogP contribution in [-0.4, -0.2) is 29.1 Å². The zero-order valence-electron chi connectivity index (χ0n) is 16.2. The van der Waals surface area contributed by atoms with Crippen LogP contribution < -0.4 is 20.1 Å². The van der Waals surface area contributed by atoms with E-state index in [1.54, 1.807) is 24.3 Å². The summed E-state index contributed by atoms with van der Waals surface area (Å²) in [5, 5.41) is 18.4. The molecule has 0 radical (unpaired) electrons. The van der Waals surface area contributed by atoms with Gasteiger partial charge in [0.05, 0.1) is 29.9 Å². The second kappa shape index (κ2) is 9.02. The first-order chi connectivity index (χ1) is 14.3. The standard InChI is InChI=1S/C19H17Cl2N5O4/c1-10-4-5-11(6-12(10)20)24-18-17(26(27)28)19(23-9-22-18)25-14-7-13(21)15(29-2)8-16(14)30-3/h4-9H,1-3H3,(H2,22,23,24,25). The summed E-state index contributed by atoms with van der Waals surface area (Å²) in [6, 6.07) is 8.28. The SMILES string of the molecule is COc1cc(OC)c(Nc2ncnc(Nc3ccc(C)c(Cl)c3)c2[N+](=O)[O-])cc1Cl. The number of nitro groups is 1. The molecule has 9 nitrogen and oxygen atoms in total. The highest BCUT2D eigenvalue weighted by Gasteiger charge is 2.24. The zero-order valence-corrected chi connectivity index (χ0v) is 17.7. The molecule has 0 bridgehead atoms. The van der Waals surface area contributed by atoms with Crippen LogP contribution >= 0.6 is 23.2 Å². The summed E-state index contributed by atoms with van der Waals surface area (Å²) in [6.45, 7) is 1.86. The predicted molar refractivity (Wildman–Crippen MR) is 116 cm³/mol. The van der Waals surface area contributed by atoms with Crippen molar-refractivity contribution in [2.24, 2.45) is 0 Å². The highest BCUT2D eigenvalue weighted by atomic mass is 35.5. The van der Waals surface area contributed by atoms with Crippen LogP contribution in [0, 0.1) is 17.0 Å². The summed E-state index contributed by atoms with van der Waals surface area (Å²) >= 11 is 12.3. The van der Waals surface area contributed by atoms with Crippen LogP contribution in [0.3, 0.4) is 0 Å². The number of aryl methyl sites for hydroxylation is 1. The second-order valence-electron chi connectivity index (χ2n) is 6.08. The van der Waals surface area contributed by atoms with Crippen molar-refractivity contribution < 1.29 is 14.4 Å². The lowest BCUT2D eigenvalue weighted by Crippen LogP contribution is -2.06. The van der Waals surface area contributed by atoms with Crippen molar-refractivity contribution in [3.8, 4) is 11.5 Å². The molecule has 1 heterocycles. The number of halogens is 2. The van der Waals surface area contributed by atoms with Crippen LogP contribution in [0.15, 0.2) is 36.7 Å². The van der Waals surface area contributed by atoms with Crippen molar-refractivity contribution in [2.75, 3.05) is 24.9 Å². The lowest BCUT2D eigenvalue weighted by Gasteiger charge is -2.14. The van der Waals surface area contributed by atoms with Gasteiger partial charge in [0.2, 0.25) is 11.6 Å². The Kier molecular flexibility index (Phi) is 6.43. The van der Waals surface area contributed by atoms with Crippen LogP contribution in [0.25, 0.3) is 0 Å². The molecule has 0 aliphatic carbocycles. The largest absolute Gasteiger partial charge is 0.495 e. The van der Waals surface area contributed by atoms with Crippen LogP contribution in [0.1, 0.15) is 5.56 Å². The van der Waals surface area contributed by atoms with Gasteiger partial charge in [0.1, 0.15) is 17.8 Å². The van der Waals surface area contributed by atoms with Gasteiger partial charge in [-0.2, -0.15) is 0 Å². The van der Waals surface area contributed by atoms with Crippen LogP contribution in [0.4, 0.5) is 28.7 Å². The number of hydrogen-bond acceptors (Lipinski definition) is 8. The average molecular weight is 450 g/mol. The zero-order chi connectivity index (χ0) is 21.8. The van der Waals surface area contributed by atoms with Crippen LogP contribution in [0.5, 0.6) is 11.5 Å². The summed E-state index contributed by atoms with van der Waals surface area (Å²) in [7, 11) is 2.93. The van der Waals surface area contributed by atoms with Crippen molar-refractivity contribution in [1.82, 2.24) is 9.97 Å². The maximum Gasteiger partial charge on any atom is 0.353 e. The molecule has 0 aliphatic rings. The topological polar surface area (TPSA) is 111 Å². The third kappa shape index (κ3) is 4.47. The Morgan fingerprint density at radius 2 is 1.63 bits per heavy atom. The molecule has 0 unspecified atom stereocenters. The highest BCUT2D eigenvalue weighted by Crippen LogP contribution is 2.40. The number of nitrogens with one attached hydrogen (secondary N) is 2. The van der Waals surface area contributed by atoms with Gasteiger partial charge in [0.15, 0.2) is 0 Å². The van der Waals surface area contributed by atoms with Crippen molar-refractivity contribution in [2.45, 2.75) is 6.92 Å². The van der Waals surface area contributed by atoms with Gasteiger partial charge in [0.25, 0.3) is 0 Å². The minimum Gasteiger partial charge on any atom is -0.495 e. The molecule has 0 spiro atoms. The minimum atomic E-state index is -0.585. The number of hydrogen-bond donors (Lipinski definition) is 2. The van der Waals surface area contributed by atoms with E-state index in [0.717, 1.165) is 5.56 Å². The van der Waals surface area contributed by atoms with Crippen LogP contribution in [-0.2, 0) is 0 Å². The average Bonchev–Trinajstić information content (AvgIpc) is 2.71. The van der Waals surface area contributed by atoms with E-state index >= 15 is 0 Å². The van der Waals surface area contributed by atoms with E-state index in [1.165, 1.54) is 26.6 Å². The summed E-state index contributed by atoms with van der Waals surface area (Å²) in [6.07, 6.45) is 1.20. The molecule has 3 aromatic rings. The van der Waals surface area contributed by atoms with Crippen LogP contribution in [0.2, 0.25) is 10.0 Å². The normalized spacial score (nSPS) is 10.4. The van der Waals surface area contributed by atoms with Gasteiger partial charge < -0.3 is 20.1 Å². The first kappa shape index (κ1) is 21.4. The monoisotopic (exact) mass is 449 g/mol. The molecular weight excluding hydrogens is 433 g/mol. The molecule has 0 fully saturated rings. The molecule has 11 heteroatoms. The van der Waals surface area contributed by atoms with Gasteiger partial charge in [-0.15, -0.1) is 0 Å².